The van der Waals surface area contributed by atoms with Crippen LogP contribution in [-0.2, 0) is 13.0 Å². The van der Waals surface area contributed by atoms with Gasteiger partial charge in [0.05, 0.1) is 5.69 Å². The molecule has 3 N–H and O–H groups in total. The number of aromatic nitrogens is 2. The van der Waals surface area contributed by atoms with E-state index in [1.807, 2.05) is 0 Å². The van der Waals surface area contributed by atoms with Gasteiger partial charge in [0.15, 0.2) is 5.01 Å². The summed E-state index contributed by atoms with van der Waals surface area (Å²) in [5.74, 6) is -0.756. The Morgan fingerprint density at radius 1 is 1.15 bits per heavy atom. The summed E-state index contributed by atoms with van der Waals surface area (Å²) in [6.45, 7) is 1.78. The summed E-state index contributed by atoms with van der Waals surface area (Å²) in [7, 11) is 2.07. The van der Waals surface area contributed by atoms with E-state index in [4.69, 9.17) is 0 Å². The fourth-order valence-corrected chi connectivity index (χ4v) is 5.69. The first kappa shape index (κ1) is 23.7. The summed E-state index contributed by atoms with van der Waals surface area (Å²) in [6.07, 6.45) is 4.47. The van der Waals surface area contributed by atoms with Crippen LogP contribution in [0, 0.1) is 5.82 Å². The predicted octanol–water partition coefficient (Wildman–Crippen LogP) is 3.64. The number of aromatic amines is 1. The first-order chi connectivity index (χ1) is 15.5. The molecule has 33 heavy (non-hydrogen) atoms. The molecular weight excluding hydrogens is 465 g/mol. The van der Waals surface area contributed by atoms with Gasteiger partial charge in [0.25, 0.3) is 11.8 Å². The van der Waals surface area contributed by atoms with Crippen LogP contribution in [0.4, 0.5) is 4.39 Å². The molecule has 10 heteroatoms. The third-order valence-corrected chi connectivity index (χ3v) is 7.42. The van der Waals surface area contributed by atoms with E-state index in [9.17, 15) is 14.0 Å². The average molecular weight is 492 g/mol. The minimum absolute atomic E-state index is 0. The highest BCUT2D eigenvalue weighted by Gasteiger charge is 2.30. The van der Waals surface area contributed by atoms with Crippen LogP contribution in [0.5, 0.6) is 0 Å². The Morgan fingerprint density at radius 3 is 2.64 bits per heavy atom. The molecule has 0 radical (unpaired) electrons. The molecule has 0 bridgehead atoms. The summed E-state index contributed by atoms with van der Waals surface area (Å²) in [5, 5.41) is 7.34. The van der Waals surface area contributed by atoms with Crippen LogP contribution in [0.2, 0.25) is 0 Å². The molecule has 2 amide bonds. The van der Waals surface area contributed by atoms with Crippen LogP contribution >= 0.6 is 23.7 Å². The number of hydrogen-bond donors (Lipinski definition) is 3. The van der Waals surface area contributed by atoms with Gasteiger partial charge in [-0.05, 0) is 44.2 Å². The first-order valence-corrected chi connectivity index (χ1v) is 11.8. The van der Waals surface area contributed by atoms with Crippen LogP contribution in [0.25, 0.3) is 10.9 Å². The summed E-state index contributed by atoms with van der Waals surface area (Å²) < 4.78 is 13.5. The maximum atomic E-state index is 13.5. The Labute approximate surface area is 201 Å². The van der Waals surface area contributed by atoms with E-state index < -0.39 is 0 Å². The third kappa shape index (κ3) is 5.05. The van der Waals surface area contributed by atoms with Crippen molar-refractivity contribution in [3.8, 4) is 0 Å². The molecule has 7 nitrogen and oxygen atoms in total. The van der Waals surface area contributed by atoms with E-state index >= 15 is 0 Å². The molecule has 0 spiro atoms. The van der Waals surface area contributed by atoms with Crippen molar-refractivity contribution in [3.05, 3.63) is 51.4 Å². The number of nitrogens with one attached hydrogen (secondary N) is 3. The number of rotatable bonds is 4. The molecular formula is C23H27ClFN5O2S. The lowest BCUT2D eigenvalue weighted by atomic mass is 9.90. The number of thiazole rings is 1. The van der Waals surface area contributed by atoms with E-state index in [1.165, 1.54) is 23.5 Å². The number of amides is 2. The zero-order chi connectivity index (χ0) is 22.2. The van der Waals surface area contributed by atoms with Gasteiger partial charge < -0.3 is 20.5 Å². The molecule has 3 heterocycles. The third-order valence-electron chi connectivity index (χ3n) is 6.34. The lowest BCUT2D eigenvalue weighted by Gasteiger charge is -2.32. The van der Waals surface area contributed by atoms with Crippen molar-refractivity contribution in [2.45, 2.75) is 50.7 Å². The monoisotopic (exact) mass is 491 g/mol. The van der Waals surface area contributed by atoms with Crippen molar-refractivity contribution in [1.82, 2.24) is 25.5 Å². The summed E-state index contributed by atoms with van der Waals surface area (Å²) >= 11 is 1.46. The van der Waals surface area contributed by atoms with E-state index in [0.29, 0.717) is 21.6 Å². The Morgan fingerprint density at radius 2 is 1.88 bits per heavy atom. The predicted molar refractivity (Wildman–Crippen MR) is 129 cm³/mol. The highest BCUT2D eigenvalue weighted by atomic mass is 35.5. The van der Waals surface area contributed by atoms with Crippen LogP contribution < -0.4 is 10.6 Å². The molecule has 5 rings (SSSR count). The van der Waals surface area contributed by atoms with Gasteiger partial charge in [-0.1, -0.05) is 12.8 Å². The SMILES string of the molecule is CN1CCc2nc(C(=O)NC3CCCCC3NC(=O)c3cc4cc(F)ccc4[nH]3)sc2C1.Cl. The molecule has 2 aliphatic rings. The van der Waals surface area contributed by atoms with Gasteiger partial charge in [-0.3, -0.25) is 9.59 Å². The minimum atomic E-state index is -0.339. The Bertz CT molecular complexity index is 1180. The average Bonchev–Trinajstić information content (AvgIpc) is 3.38. The number of nitrogens with zero attached hydrogens (tertiary/aromatic N) is 2. The van der Waals surface area contributed by atoms with Gasteiger partial charge in [-0.25, -0.2) is 9.37 Å². The van der Waals surface area contributed by atoms with Crippen LogP contribution in [-0.4, -0.2) is 52.4 Å². The van der Waals surface area contributed by atoms with Crippen LogP contribution in [0.1, 0.15) is 56.5 Å². The molecule has 1 aliphatic heterocycles. The van der Waals surface area contributed by atoms with E-state index in [0.717, 1.165) is 55.8 Å². The standard InChI is InChI=1S/C23H26FN5O2S.ClH/c1-29-9-8-18-20(12-29)32-23(28-18)22(31)27-17-5-3-2-4-16(17)26-21(30)19-11-13-10-14(24)6-7-15(13)25-19;/h6-7,10-11,16-17,25H,2-5,8-9,12H2,1H3,(H,26,30)(H,27,31);1H. The van der Waals surface area contributed by atoms with Gasteiger partial charge in [-0.2, -0.15) is 0 Å². The number of fused-ring (bicyclic) bond motifs is 2. The van der Waals surface area contributed by atoms with Crippen molar-refractivity contribution >= 4 is 46.5 Å². The number of likely N-dealkylation sites (N-methyl/N-ethyl adjacent to an activating group) is 1. The van der Waals surface area contributed by atoms with Gasteiger partial charge in [0.2, 0.25) is 0 Å². The fraction of sp³-hybridized carbons (Fsp3) is 0.435. The van der Waals surface area contributed by atoms with Gasteiger partial charge in [-0.15, -0.1) is 23.7 Å². The second kappa shape index (κ2) is 9.79. The van der Waals surface area contributed by atoms with Gasteiger partial charge in [0.1, 0.15) is 11.5 Å². The topological polar surface area (TPSA) is 90.1 Å². The van der Waals surface area contributed by atoms with E-state index in [1.54, 1.807) is 12.1 Å². The normalized spacial score (nSPS) is 20.7. The number of benzene rings is 1. The zero-order valence-corrected chi connectivity index (χ0v) is 20.0. The van der Waals surface area contributed by atoms with Crippen molar-refractivity contribution in [2.24, 2.45) is 0 Å². The summed E-state index contributed by atoms with van der Waals surface area (Å²) in [6, 6.07) is 5.73. The molecule has 3 aromatic rings. The van der Waals surface area contributed by atoms with Crippen molar-refractivity contribution in [3.63, 3.8) is 0 Å². The molecule has 2 atom stereocenters. The molecule has 2 aromatic heterocycles. The molecule has 0 saturated heterocycles. The lowest BCUT2D eigenvalue weighted by Crippen LogP contribution is -2.53. The molecule has 1 aliphatic carbocycles. The van der Waals surface area contributed by atoms with Crippen molar-refractivity contribution < 1.29 is 14.0 Å². The van der Waals surface area contributed by atoms with Crippen LogP contribution in [0.15, 0.2) is 24.3 Å². The number of halogens is 2. The number of H-pyrrole nitrogens is 1. The quantitative estimate of drug-likeness (QED) is 0.519. The molecule has 1 fully saturated rings. The fourth-order valence-electron chi connectivity index (χ4n) is 4.60. The first-order valence-electron chi connectivity index (χ1n) is 11.0. The Kier molecular flexibility index (Phi) is 7.02. The Hall–Kier alpha value is -2.49. The number of hydrogen-bond acceptors (Lipinski definition) is 5. The summed E-state index contributed by atoms with van der Waals surface area (Å²) in [4.78, 5) is 36.8. The highest BCUT2D eigenvalue weighted by molar-refractivity contribution is 7.13. The second-order valence-corrected chi connectivity index (χ2v) is 9.82. The van der Waals surface area contributed by atoms with E-state index in [2.05, 4.69) is 32.5 Å². The van der Waals surface area contributed by atoms with Crippen molar-refractivity contribution in [1.29, 1.82) is 0 Å². The molecule has 1 saturated carbocycles. The van der Waals surface area contributed by atoms with Gasteiger partial charge >= 0.3 is 0 Å². The number of carbonyl (C=O) groups excluding carboxylic acids is 2. The molecule has 2 unspecified atom stereocenters. The number of carbonyl (C=O) groups is 2. The Balaban J connectivity index is 0.00000259. The van der Waals surface area contributed by atoms with Gasteiger partial charge in [0, 0.05) is 47.4 Å². The largest absolute Gasteiger partial charge is 0.351 e. The van der Waals surface area contributed by atoms with Crippen molar-refractivity contribution in [2.75, 3.05) is 13.6 Å². The van der Waals surface area contributed by atoms with E-state index in [-0.39, 0.29) is 42.1 Å². The maximum absolute atomic E-state index is 13.5. The second-order valence-electron chi connectivity index (χ2n) is 8.74. The maximum Gasteiger partial charge on any atom is 0.280 e. The minimum Gasteiger partial charge on any atom is -0.351 e. The summed E-state index contributed by atoms with van der Waals surface area (Å²) in [5.41, 5.74) is 2.13. The lowest BCUT2D eigenvalue weighted by molar-refractivity contribution is 0.0860. The molecule has 176 valence electrons. The van der Waals surface area contributed by atoms with Crippen LogP contribution in [0.3, 0.4) is 0 Å². The smallest absolute Gasteiger partial charge is 0.280 e. The zero-order valence-electron chi connectivity index (χ0n) is 18.3. The molecule has 1 aromatic carbocycles. The highest BCUT2D eigenvalue weighted by Crippen LogP contribution is 2.26.